The Kier molecular flexibility index (Phi) is 3.73. The molecule has 3 nitrogen and oxygen atoms in total. The average molecular weight is 181 g/mol. The number of hydrogen-bond donors (Lipinski definition) is 1. The van der Waals surface area contributed by atoms with E-state index in [1.165, 1.54) is 11.1 Å². The average Bonchev–Trinajstić information content (AvgIpc) is 2.17. The van der Waals surface area contributed by atoms with Gasteiger partial charge in [0.15, 0.2) is 0 Å². The lowest BCUT2D eigenvalue weighted by atomic mass is 10.1. The lowest BCUT2D eigenvalue weighted by molar-refractivity contribution is 0.141. The Morgan fingerprint density at radius 3 is 2.77 bits per heavy atom. The Morgan fingerprint density at radius 1 is 1.38 bits per heavy atom. The summed E-state index contributed by atoms with van der Waals surface area (Å²) in [5.41, 5.74) is 2.45. The fourth-order valence-corrected chi connectivity index (χ4v) is 1.21. The van der Waals surface area contributed by atoms with Crippen LogP contribution >= 0.6 is 0 Å². The zero-order valence-corrected chi connectivity index (χ0v) is 8.04. The molecule has 0 atom stereocenters. The topological polar surface area (TPSA) is 44.5 Å². The van der Waals surface area contributed by atoms with Crippen molar-refractivity contribution >= 4 is 0 Å². The molecule has 0 unspecified atom stereocenters. The maximum Gasteiger partial charge on any atom is 0.119 e. The SMILES string of the molecule is COc1ccc(C)c(CCON)c1. The fraction of sp³-hybridized carbons (Fsp3) is 0.400. The van der Waals surface area contributed by atoms with Gasteiger partial charge in [0.1, 0.15) is 5.75 Å². The molecule has 0 radical (unpaired) electrons. The molecule has 0 saturated heterocycles. The minimum Gasteiger partial charge on any atom is -0.497 e. The Labute approximate surface area is 78.4 Å². The summed E-state index contributed by atoms with van der Waals surface area (Å²) in [7, 11) is 1.66. The van der Waals surface area contributed by atoms with Crippen molar-refractivity contribution in [3.05, 3.63) is 29.3 Å². The summed E-state index contributed by atoms with van der Waals surface area (Å²) >= 11 is 0. The highest BCUT2D eigenvalue weighted by Crippen LogP contribution is 2.17. The molecule has 0 heterocycles. The Bertz CT molecular complexity index is 274. The maximum atomic E-state index is 5.12. The van der Waals surface area contributed by atoms with Crippen LogP contribution in [-0.4, -0.2) is 13.7 Å². The van der Waals surface area contributed by atoms with Crippen LogP contribution in [-0.2, 0) is 11.3 Å². The molecular weight excluding hydrogens is 166 g/mol. The minimum absolute atomic E-state index is 0.536. The van der Waals surface area contributed by atoms with Gasteiger partial charge in [-0.3, -0.25) is 0 Å². The van der Waals surface area contributed by atoms with E-state index in [4.69, 9.17) is 10.6 Å². The maximum absolute atomic E-state index is 5.12. The molecule has 0 saturated carbocycles. The van der Waals surface area contributed by atoms with Crippen molar-refractivity contribution in [3.63, 3.8) is 0 Å². The third-order valence-electron chi connectivity index (χ3n) is 2.05. The second kappa shape index (κ2) is 4.84. The van der Waals surface area contributed by atoms with Gasteiger partial charge in [-0.05, 0) is 36.6 Å². The zero-order chi connectivity index (χ0) is 9.68. The molecule has 72 valence electrons. The Hall–Kier alpha value is -1.06. The summed E-state index contributed by atoms with van der Waals surface area (Å²) in [4.78, 5) is 4.53. The van der Waals surface area contributed by atoms with E-state index in [-0.39, 0.29) is 0 Å². The largest absolute Gasteiger partial charge is 0.497 e. The van der Waals surface area contributed by atoms with Crippen LogP contribution in [0.5, 0.6) is 5.75 Å². The number of benzene rings is 1. The first-order chi connectivity index (χ1) is 6.27. The fourth-order valence-electron chi connectivity index (χ4n) is 1.21. The first kappa shape index (κ1) is 10.0. The predicted octanol–water partition coefficient (Wildman–Crippen LogP) is 1.44. The lowest BCUT2D eigenvalue weighted by Crippen LogP contribution is -2.04. The van der Waals surface area contributed by atoms with Crippen molar-refractivity contribution in [2.45, 2.75) is 13.3 Å². The molecule has 1 aromatic rings. The van der Waals surface area contributed by atoms with Crippen molar-refractivity contribution in [2.24, 2.45) is 5.90 Å². The number of ether oxygens (including phenoxy) is 1. The number of rotatable bonds is 4. The highest BCUT2D eigenvalue weighted by molar-refractivity contribution is 5.34. The lowest BCUT2D eigenvalue weighted by Gasteiger charge is -2.07. The molecule has 0 amide bonds. The summed E-state index contributed by atoms with van der Waals surface area (Å²) in [5.74, 6) is 5.84. The molecule has 0 aliphatic carbocycles. The summed E-state index contributed by atoms with van der Waals surface area (Å²) < 4.78 is 5.12. The van der Waals surface area contributed by atoms with Gasteiger partial charge in [-0.2, -0.15) is 0 Å². The normalized spacial score (nSPS) is 10.1. The van der Waals surface area contributed by atoms with Crippen LogP contribution in [0.2, 0.25) is 0 Å². The molecule has 1 aromatic carbocycles. The third-order valence-corrected chi connectivity index (χ3v) is 2.05. The molecule has 3 heteroatoms. The van der Waals surface area contributed by atoms with Crippen molar-refractivity contribution in [1.82, 2.24) is 0 Å². The Morgan fingerprint density at radius 2 is 2.15 bits per heavy atom. The van der Waals surface area contributed by atoms with Crippen molar-refractivity contribution in [1.29, 1.82) is 0 Å². The van der Waals surface area contributed by atoms with Gasteiger partial charge in [0, 0.05) is 0 Å². The van der Waals surface area contributed by atoms with E-state index in [0.717, 1.165) is 12.2 Å². The van der Waals surface area contributed by atoms with E-state index in [1.54, 1.807) is 7.11 Å². The van der Waals surface area contributed by atoms with Gasteiger partial charge in [-0.1, -0.05) is 6.07 Å². The van der Waals surface area contributed by atoms with E-state index in [0.29, 0.717) is 6.61 Å². The molecule has 0 aromatic heterocycles. The smallest absolute Gasteiger partial charge is 0.119 e. The first-order valence-corrected chi connectivity index (χ1v) is 4.23. The quantitative estimate of drug-likeness (QED) is 0.715. The molecule has 13 heavy (non-hydrogen) atoms. The molecule has 1 rings (SSSR count). The molecule has 2 N–H and O–H groups in total. The summed E-state index contributed by atoms with van der Waals surface area (Å²) in [6, 6.07) is 5.99. The van der Waals surface area contributed by atoms with E-state index in [1.807, 2.05) is 18.2 Å². The highest BCUT2D eigenvalue weighted by atomic mass is 16.6. The van der Waals surface area contributed by atoms with Gasteiger partial charge < -0.3 is 9.57 Å². The van der Waals surface area contributed by atoms with Crippen LogP contribution in [0.1, 0.15) is 11.1 Å². The molecule has 0 fully saturated rings. The van der Waals surface area contributed by atoms with Crippen LogP contribution in [0.15, 0.2) is 18.2 Å². The highest BCUT2D eigenvalue weighted by Gasteiger charge is 2.00. The first-order valence-electron chi connectivity index (χ1n) is 4.23. The van der Waals surface area contributed by atoms with E-state index >= 15 is 0 Å². The van der Waals surface area contributed by atoms with Gasteiger partial charge in [-0.15, -0.1) is 0 Å². The van der Waals surface area contributed by atoms with Crippen molar-refractivity contribution in [3.8, 4) is 5.75 Å². The molecule has 0 aliphatic rings. The zero-order valence-electron chi connectivity index (χ0n) is 8.04. The van der Waals surface area contributed by atoms with Gasteiger partial charge >= 0.3 is 0 Å². The van der Waals surface area contributed by atoms with Gasteiger partial charge in [0.05, 0.1) is 13.7 Å². The van der Waals surface area contributed by atoms with E-state index < -0.39 is 0 Å². The van der Waals surface area contributed by atoms with Gasteiger partial charge in [0.2, 0.25) is 0 Å². The van der Waals surface area contributed by atoms with Crippen LogP contribution < -0.4 is 10.6 Å². The van der Waals surface area contributed by atoms with E-state index in [2.05, 4.69) is 11.8 Å². The monoisotopic (exact) mass is 181 g/mol. The van der Waals surface area contributed by atoms with Gasteiger partial charge in [-0.25, -0.2) is 5.90 Å². The van der Waals surface area contributed by atoms with Crippen LogP contribution in [0.25, 0.3) is 0 Å². The van der Waals surface area contributed by atoms with Crippen LogP contribution in [0.3, 0.4) is 0 Å². The molecule has 0 bridgehead atoms. The van der Waals surface area contributed by atoms with Gasteiger partial charge in [0.25, 0.3) is 0 Å². The molecular formula is C10H15NO2. The number of aryl methyl sites for hydroxylation is 1. The van der Waals surface area contributed by atoms with Crippen molar-refractivity contribution in [2.75, 3.05) is 13.7 Å². The summed E-state index contributed by atoms with van der Waals surface area (Å²) in [6.45, 7) is 2.60. The predicted molar refractivity (Wildman–Crippen MR) is 51.6 cm³/mol. The van der Waals surface area contributed by atoms with E-state index in [9.17, 15) is 0 Å². The number of hydrogen-bond acceptors (Lipinski definition) is 3. The summed E-state index contributed by atoms with van der Waals surface area (Å²) in [6.07, 6.45) is 0.819. The second-order valence-corrected chi connectivity index (χ2v) is 2.91. The van der Waals surface area contributed by atoms with Crippen molar-refractivity contribution < 1.29 is 9.57 Å². The minimum atomic E-state index is 0.536. The standard InChI is InChI=1S/C10H15NO2/c1-8-3-4-10(12-2)7-9(8)5-6-13-11/h3-4,7H,5-6,11H2,1-2H3. The van der Waals surface area contributed by atoms with Crippen LogP contribution in [0, 0.1) is 6.92 Å². The Balaban J connectivity index is 2.78. The number of nitrogens with two attached hydrogens (primary N) is 1. The molecule has 0 spiro atoms. The molecule has 0 aliphatic heterocycles. The second-order valence-electron chi connectivity index (χ2n) is 2.91. The third kappa shape index (κ3) is 2.72. The van der Waals surface area contributed by atoms with Crippen LogP contribution in [0.4, 0.5) is 0 Å². The summed E-state index contributed by atoms with van der Waals surface area (Å²) in [5, 5.41) is 0. The number of methoxy groups -OCH3 is 1.